The molecule has 1 nitrogen and oxygen atoms in total. The van der Waals surface area contributed by atoms with Gasteiger partial charge in [-0.05, 0) is 42.7 Å². The first-order valence-electron chi connectivity index (χ1n) is 6.36. The molecule has 0 aliphatic heterocycles. The zero-order valence-corrected chi connectivity index (χ0v) is 9.58. The minimum Gasteiger partial charge on any atom is -0.197 e. The summed E-state index contributed by atoms with van der Waals surface area (Å²) in [5.74, 6) is 0.815. The second-order valence-electron chi connectivity index (χ2n) is 5.30. The van der Waals surface area contributed by atoms with Gasteiger partial charge in [-0.1, -0.05) is 37.1 Å². The van der Waals surface area contributed by atoms with Crippen LogP contribution in [-0.2, 0) is 5.41 Å². The lowest BCUT2D eigenvalue weighted by molar-refractivity contribution is 0.573. The van der Waals surface area contributed by atoms with Gasteiger partial charge in [0.15, 0.2) is 0 Å². The molecule has 0 aromatic heterocycles. The normalized spacial score (nSPS) is 22.9. The Labute approximate surface area is 97.1 Å². The van der Waals surface area contributed by atoms with Crippen molar-refractivity contribution in [1.29, 1.82) is 5.26 Å². The van der Waals surface area contributed by atoms with Crippen LogP contribution in [0.5, 0.6) is 0 Å². The van der Waals surface area contributed by atoms with Crippen LogP contribution in [0.1, 0.15) is 55.6 Å². The lowest BCUT2D eigenvalue weighted by Crippen LogP contribution is -2.19. The van der Waals surface area contributed by atoms with Gasteiger partial charge >= 0.3 is 0 Å². The fourth-order valence-corrected chi connectivity index (χ4v) is 2.93. The first-order chi connectivity index (χ1) is 7.84. The first-order valence-corrected chi connectivity index (χ1v) is 6.36. The molecule has 0 saturated heterocycles. The van der Waals surface area contributed by atoms with Crippen LogP contribution in [0.3, 0.4) is 0 Å². The van der Waals surface area contributed by atoms with Gasteiger partial charge in [0.1, 0.15) is 0 Å². The number of rotatable bonds is 2. The van der Waals surface area contributed by atoms with Gasteiger partial charge in [0.25, 0.3) is 0 Å². The SMILES string of the molecule is N#CC1(c2ccc(C3CC3)cc2)CCCC1. The van der Waals surface area contributed by atoms with Crippen molar-refractivity contribution in [3.8, 4) is 6.07 Å². The van der Waals surface area contributed by atoms with Gasteiger partial charge in [0.05, 0.1) is 11.5 Å². The monoisotopic (exact) mass is 211 g/mol. The summed E-state index contributed by atoms with van der Waals surface area (Å²) in [5.41, 5.74) is 2.55. The number of nitrogens with zero attached hydrogens (tertiary/aromatic N) is 1. The average Bonchev–Trinajstić information content (AvgIpc) is 3.08. The van der Waals surface area contributed by atoms with E-state index in [1.165, 1.54) is 36.8 Å². The summed E-state index contributed by atoms with van der Waals surface area (Å²) >= 11 is 0. The standard InChI is InChI=1S/C15H17N/c16-11-15(9-1-2-10-15)14-7-5-13(6-8-14)12-3-4-12/h5-8,12H,1-4,9-10H2. The molecule has 0 atom stereocenters. The second-order valence-corrected chi connectivity index (χ2v) is 5.30. The Balaban J connectivity index is 1.90. The van der Waals surface area contributed by atoms with E-state index in [0.29, 0.717) is 0 Å². The van der Waals surface area contributed by atoms with Crippen LogP contribution >= 0.6 is 0 Å². The maximum absolute atomic E-state index is 9.41. The Morgan fingerprint density at radius 1 is 1.06 bits per heavy atom. The molecule has 0 radical (unpaired) electrons. The fraction of sp³-hybridized carbons (Fsp3) is 0.533. The average molecular weight is 211 g/mol. The summed E-state index contributed by atoms with van der Waals surface area (Å²) in [6.07, 6.45) is 7.21. The van der Waals surface area contributed by atoms with Crippen LogP contribution < -0.4 is 0 Å². The Morgan fingerprint density at radius 2 is 1.69 bits per heavy atom. The van der Waals surface area contributed by atoms with E-state index in [4.69, 9.17) is 0 Å². The van der Waals surface area contributed by atoms with Crippen molar-refractivity contribution in [3.05, 3.63) is 35.4 Å². The molecule has 2 saturated carbocycles. The highest BCUT2D eigenvalue weighted by Crippen LogP contribution is 2.43. The Hall–Kier alpha value is -1.29. The molecule has 2 aliphatic rings. The zero-order valence-electron chi connectivity index (χ0n) is 9.58. The van der Waals surface area contributed by atoms with Gasteiger partial charge in [0, 0.05) is 0 Å². The van der Waals surface area contributed by atoms with E-state index in [1.807, 2.05) is 0 Å². The molecule has 1 heteroatoms. The van der Waals surface area contributed by atoms with Crippen LogP contribution in [0.25, 0.3) is 0 Å². The summed E-state index contributed by atoms with van der Waals surface area (Å²) < 4.78 is 0. The van der Waals surface area contributed by atoms with E-state index < -0.39 is 0 Å². The van der Waals surface area contributed by atoms with Crippen LogP contribution in [0.2, 0.25) is 0 Å². The number of hydrogen-bond donors (Lipinski definition) is 0. The van der Waals surface area contributed by atoms with Gasteiger partial charge in [-0.25, -0.2) is 0 Å². The summed E-state index contributed by atoms with van der Waals surface area (Å²) in [6.45, 7) is 0. The number of benzene rings is 1. The molecule has 0 heterocycles. The Bertz CT molecular complexity index is 414. The highest BCUT2D eigenvalue weighted by atomic mass is 14.4. The molecule has 16 heavy (non-hydrogen) atoms. The molecular weight excluding hydrogens is 194 g/mol. The third kappa shape index (κ3) is 1.53. The topological polar surface area (TPSA) is 23.8 Å². The molecule has 0 N–H and O–H groups in total. The minimum absolute atomic E-state index is 0.165. The molecule has 3 rings (SSSR count). The third-order valence-corrected chi connectivity index (χ3v) is 4.18. The Morgan fingerprint density at radius 3 is 2.19 bits per heavy atom. The van der Waals surface area contributed by atoms with Gasteiger partial charge in [-0.15, -0.1) is 0 Å². The predicted molar refractivity (Wildman–Crippen MR) is 64.2 cm³/mol. The van der Waals surface area contributed by atoms with Crippen LogP contribution in [0.15, 0.2) is 24.3 Å². The lowest BCUT2D eigenvalue weighted by Gasteiger charge is -2.20. The molecule has 2 aliphatic carbocycles. The van der Waals surface area contributed by atoms with Crippen molar-refractivity contribution in [1.82, 2.24) is 0 Å². The van der Waals surface area contributed by atoms with E-state index in [-0.39, 0.29) is 5.41 Å². The zero-order chi connectivity index (χ0) is 11.0. The quantitative estimate of drug-likeness (QED) is 0.727. The second kappa shape index (κ2) is 3.63. The molecule has 0 bridgehead atoms. The summed E-state index contributed by atoms with van der Waals surface area (Å²) in [6, 6.07) is 11.4. The third-order valence-electron chi connectivity index (χ3n) is 4.18. The minimum atomic E-state index is -0.165. The highest BCUT2D eigenvalue weighted by Gasteiger charge is 2.35. The molecule has 2 fully saturated rings. The maximum Gasteiger partial charge on any atom is 0.0822 e. The Kier molecular flexibility index (Phi) is 2.24. The smallest absolute Gasteiger partial charge is 0.0822 e. The van der Waals surface area contributed by atoms with Crippen molar-refractivity contribution in [2.75, 3.05) is 0 Å². The molecule has 1 aromatic rings. The van der Waals surface area contributed by atoms with Crippen LogP contribution in [-0.4, -0.2) is 0 Å². The molecule has 1 aromatic carbocycles. The van der Waals surface area contributed by atoms with Crippen molar-refractivity contribution in [2.24, 2.45) is 0 Å². The molecule has 0 spiro atoms. The van der Waals surface area contributed by atoms with Crippen LogP contribution in [0.4, 0.5) is 0 Å². The highest BCUT2D eigenvalue weighted by molar-refractivity contribution is 5.37. The number of hydrogen-bond acceptors (Lipinski definition) is 1. The van der Waals surface area contributed by atoms with Gasteiger partial charge < -0.3 is 0 Å². The fourth-order valence-electron chi connectivity index (χ4n) is 2.93. The van der Waals surface area contributed by atoms with Crippen molar-refractivity contribution in [2.45, 2.75) is 49.9 Å². The van der Waals surface area contributed by atoms with Gasteiger partial charge in [-0.3, -0.25) is 0 Å². The van der Waals surface area contributed by atoms with Crippen molar-refractivity contribution in [3.63, 3.8) is 0 Å². The number of nitriles is 1. The molecular formula is C15H17N. The maximum atomic E-state index is 9.41. The van der Waals surface area contributed by atoms with E-state index in [2.05, 4.69) is 30.3 Å². The van der Waals surface area contributed by atoms with E-state index >= 15 is 0 Å². The lowest BCUT2D eigenvalue weighted by atomic mass is 9.80. The molecule has 0 amide bonds. The summed E-state index contributed by atoms with van der Waals surface area (Å²) in [5, 5.41) is 9.41. The van der Waals surface area contributed by atoms with Crippen molar-refractivity contribution < 1.29 is 0 Å². The summed E-state index contributed by atoms with van der Waals surface area (Å²) in [7, 11) is 0. The predicted octanol–water partition coefficient (Wildman–Crippen LogP) is 3.90. The largest absolute Gasteiger partial charge is 0.197 e. The molecule has 0 unspecified atom stereocenters. The van der Waals surface area contributed by atoms with E-state index in [9.17, 15) is 5.26 Å². The summed E-state index contributed by atoms with van der Waals surface area (Å²) in [4.78, 5) is 0. The van der Waals surface area contributed by atoms with Crippen LogP contribution in [0, 0.1) is 11.3 Å². The van der Waals surface area contributed by atoms with Gasteiger partial charge in [-0.2, -0.15) is 5.26 Å². The van der Waals surface area contributed by atoms with E-state index in [0.717, 1.165) is 18.8 Å². The van der Waals surface area contributed by atoms with Crippen molar-refractivity contribution >= 4 is 0 Å². The van der Waals surface area contributed by atoms with E-state index in [1.54, 1.807) is 0 Å². The first kappa shape index (κ1) is 9.90. The molecule has 82 valence electrons. The van der Waals surface area contributed by atoms with Gasteiger partial charge in [0.2, 0.25) is 0 Å².